The Morgan fingerprint density at radius 3 is 2.80 bits per heavy atom. The molecule has 2 aromatic carbocycles. The van der Waals surface area contributed by atoms with Gasteiger partial charge in [-0.05, 0) is 36.4 Å². The first kappa shape index (κ1) is 14.7. The Morgan fingerprint density at radius 2 is 2.10 bits per heavy atom. The van der Waals surface area contributed by atoms with E-state index in [1.54, 1.807) is 12.1 Å². The first-order valence-corrected chi connectivity index (χ1v) is 7.14. The molecule has 1 amide bonds. The van der Waals surface area contributed by atoms with Gasteiger partial charge in [-0.1, -0.05) is 17.7 Å². The van der Waals surface area contributed by atoms with Gasteiger partial charge in [-0.3, -0.25) is 4.79 Å². The summed E-state index contributed by atoms with van der Waals surface area (Å²) < 4.78 is 13.0. The summed E-state index contributed by atoms with van der Waals surface area (Å²) in [7, 11) is 0. The van der Waals surface area contributed by atoms with Crippen LogP contribution in [0, 0.1) is 5.82 Å². The molecule has 0 heterocycles. The van der Waals surface area contributed by atoms with E-state index in [-0.39, 0.29) is 16.7 Å². The van der Waals surface area contributed by atoms with Crippen LogP contribution in [0.1, 0.15) is 0 Å². The van der Waals surface area contributed by atoms with Crippen LogP contribution in [0.4, 0.5) is 15.8 Å². The molecule has 2 aromatic rings. The van der Waals surface area contributed by atoms with Crippen molar-refractivity contribution in [3.8, 4) is 0 Å². The molecule has 0 saturated carbocycles. The fraction of sp³-hybridized carbons (Fsp3) is 0.0714. The van der Waals surface area contributed by atoms with Crippen LogP contribution in [0.15, 0.2) is 47.4 Å². The molecule has 0 bridgehead atoms. The van der Waals surface area contributed by atoms with Crippen molar-refractivity contribution in [1.29, 1.82) is 0 Å². The van der Waals surface area contributed by atoms with Crippen molar-refractivity contribution in [3.05, 3.63) is 53.3 Å². The molecule has 0 aliphatic rings. The molecule has 0 unspecified atom stereocenters. The molecule has 3 N–H and O–H groups in total. The molecule has 2 rings (SSSR count). The molecule has 0 aliphatic heterocycles. The molecule has 0 aromatic heterocycles. The first-order chi connectivity index (χ1) is 9.54. The Balaban J connectivity index is 1.91. The maximum Gasteiger partial charge on any atom is 0.234 e. The molecule has 20 heavy (non-hydrogen) atoms. The van der Waals surface area contributed by atoms with Gasteiger partial charge in [0.1, 0.15) is 5.82 Å². The van der Waals surface area contributed by atoms with Crippen molar-refractivity contribution >= 4 is 40.6 Å². The average molecular weight is 311 g/mol. The number of rotatable bonds is 4. The number of benzene rings is 2. The van der Waals surface area contributed by atoms with Crippen molar-refractivity contribution in [2.45, 2.75) is 4.90 Å². The highest BCUT2D eigenvalue weighted by atomic mass is 35.5. The summed E-state index contributed by atoms with van der Waals surface area (Å²) in [5.41, 5.74) is 6.78. The second kappa shape index (κ2) is 6.63. The lowest BCUT2D eigenvalue weighted by molar-refractivity contribution is -0.113. The number of nitrogen functional groups attached to an aromatic ring is 1. The van der Waals surface area contributed by atoms with Crippen LogP contribution in [-0.2, 0) is 4.79 Å². The number of hydrogen-bond acceptors (Lipinski definition) is 3. The van der Waals surface area contributed by atoms with Crippen LogP contribution in [-0.4, -0.2) is 11.7 Å². The summed E-state index contributed by atoms with van der Waals surface area (Å²) in [5.74, 6) is -0.475. The lowest BCUT2D eigenvalue weighted by Gasteiger charge is -2.06. The quantitative estimate of drug-likeness (QED) is 0.667. The van der Waals surface area contributed by atoms with Gasteiger partial charge in [-0.25, -0.2) is 4.39 Å². The molecule has 6 heteroatoms. The maximum atomic E-state index is 13.0. The first-order valence-electron chi connectivity index (χ1n) is 5.78. The highest BCUT2D eigenvalue weighted by molar-refractivity contribution is 8.00. The van der Waals surface area contributed by atoms with Gasteiger partial charge in [0.2, 0.25) is 5.91 Å². The van der Waals surface area contributed by atoms with Gasteiger partial charge < -0.3 is 11.1 Å². The number of carbonyl (C=O) groups excluding carboxylic acids is 1. The normalized spacial score (nSPS) is 10.3. The van der Waals surface area contributed by atoms with Crippen molar-refractivity contribution in [2.24, 2.45) is 0 Å². The predicted octanol–water partition coefficient (Wildman–Crippen LogP) is 3.79. The SMILES string of the molecule is Nc1cccc(SCC(=O)Nc2ccc(F)c(Cl)c2)c1. The van der Waals surface area contributed by atoms with E-state index in [4.69, 9.17) is 17.3 Å². The van der Waals surface area contributed by atoms with Gasteiger partial charge in [-0.2, -0.15) is 0 Å². The zero-order chi connectivity index (χ0) is 14.5. The van der Waals surface area contributed by atoms with Gasteiger partial charge in [0.15, 0.2) is 0 Å². The smallest absolute Gasteiger partial charge is 0.234 e. The fourth-order valence-electron chi connectivity index (χ4n) is 1.52. The Morgan fingerprint density at radius 1 is 1.30 bits per heavy atom. The average Bonchev–Trinajstić information content (AvgIpc) is 2.41. The monoisotopic (exact) mass is 310 g/mol. The van der Waals surface area contributed by atoms with Crippen molar-refractivity contribution in [3.63, 3.8) is 0 Å². The van der Waals surface area contributed by atoms with E-state index < -0.39 is 5.82 Å². The molecular formula is C14H12ClFN2OS. The number of carbonyl (C=O) groups is 1. The van der Waals surface area contributed by atoms with Crippen LogP contribution in [0.2, 0.25) is 5.02 Å². The number of halogens is 2. The Kier molecular flexibility index (Phi) is 4.87. The second-order valence-corrected chi connectivity index (χ2v) is 5.49. The number of nitrogens with two attached hydrogens (primary N) is 1. The zero-order valence-electron chi connectivity index (χ0n) is 10.4. The summed E-state index contributed by atoms with van der Waals surface area (Å²) in [6.45, 7) is 0. The topological polar surface area (TPSA) is 55.1 Å². The molecule has 3 nitrogen and oxygen atoms in total. The summed E-state index contributed by atoms with van der Waals surface area (Å²) in [6, 6.07) is 11.3. The van der Waals surface area contributed by atoms with Gasteiger partial charge in [-0.15, -0.1) is 11.8 Å². The van der Waals surface area contributed by atoms with E-state index in [2.05, 4.69) is 5.32 Å². The van der Waals surface area contributed by atoms with Crippen LogP contribution in [0.3, 0.4) is 0 Å². The molecule has 0 atom stereocenters. The second-order valence-electron chi connectivity index (χ2n) is 4.04. The molecule has 0 aliphatic carbocycles. The lowest BCUT2D eigenvalue weighted by Crippen LogP contribution is -2.14. The number of hydrogen-bond donors (Lipinski definition) is 2. The van der Waals surface area contributed by atoms with Crippen LogP contribution >= 0.6 is 23.4 Å². The maximum absolute atomic E-state index is 13.0. The van der Waals surface area contributed by atoms with E-state index >= 15 is 0 Å². The third-order valence-electron chi connectivity index (χ3n) is 2.43. The van der Waals surface area contributed by atoms with Crippen LogP contribution in [0.25, 0.3) is 0 Å². The number of amides is 1. The summed E-state index contributed by atoms with van der Waals surface area (Å²) >= 11 is 7.01. The van der Waals surface area contributed by atoms with Gasteiger partial charge in [0.25, 0.3) is 0 Å². The van der Waals surface area contributed by atoms with E-state index in [0.29, 0.717) is 11.4 Å². The van der Waals surface area contributed by atoms with Gasteiger partial charge in [0.05, 0.1) is 10.8 Å². The standard InChI is InChI=1S/C14H12ClFN2OS/c15-12-7-10(4-5-13(12)16)18-14(19)8-20-11-3-1-2-9(17)6-11/h1-7H,8,17H2,(H,18,19). The third-order valence-corrected chi connectivity index (χ3v) is 3.71. The summed E-state index contributed by atoms with van der Waals surface area (Å²) in [5, 5.41) is 2.63. The van der Waals surface area contributed by atoms with Crippen LogP contribution < -0.4 is 11.1 Å². The summed E-state index contributed by atoms with van der Waals surface area (Å²) in [6.07, 6.45) is 0. The van der Waals surface area contributed by atoms with E-state index in [9.17, 15) is 9.18 Å². The Hall–Kier alpha value is -1.72. The molecule has 0 radical (unpaired) electrons. The van der Waals surface area contributed by atoms with Crippen molar-refractivity contribution in [2.75, 3.05) is 16.8 Å². The molecule has 0 spiro atoms. The Labute approximate surface area is 125 Å². The summed E-state index contributed by atoms with van der Waals surface area (Å²) in [4.78, 5) is 12.7. The minimum Gasteiger partial charge on any atom is -0.399 e. The van der Waals surface area contributed by atoms with E-state index in [1.165, 1.54) is 30.0 Å². The predicted molar refractivity (Wildman–Crippen MR) is 81.6 cm³/mol. The van der Waals surface area contributed by atoms with E-state index in [1.807, 2.05) is 12.1 Å². The third kappa shape index (κ3) is 4.15. The van der Waals surface area contributed by atoms with Crippen LogP contribution in [0.5, 0.6) is 0 Å². The molecule has 0 fully saturated rings. The largest absolute Gasteiger partial charge is 0.399 e. The minimum absolute atomic E-state index is 0.0220. The minimum atomic E-state index is -0.515. The van der Waals surface area contributed by atoms with Crippen molar-refractivity contribution in [1.82, 2.24) is 0 Å². The lowest BCUT2D eigenvalue weighted by atomic mass is 10.3. The molecular weight excluding hydrogens is 299 g/mol. The zero-order valence-corrected chi connectivity index (χ0v) is 12.0. The number of nitrogens with one attached hydrogen (secondary N) is 1. The van der Waals surface area contributed by atoms with Crippen molar-refractivity contribution < 1.29 is 9.18 Å². The molecule has 104 valence electrons. The highest BCUT2D eigenvalue weighted by Crippen LogP contribution is 2.22. The van der Waals surface area contributed by atoms with E-state index in [0.717, 1.165) is 4.90 Å². The highest BCUT2D eigenvalue weighted by Gasteiger charge is 2.06. The number of thioether (sulfide) groups is 1. The Bertz CT molecular complexity index is 636. The number of anilines is 2. The molecule has 0 saturated heterocycles. The van der Waals surface area contributed by atoms with Gasteiger partial charge in [0, 0.05) is 16.3 Å². The van der Waals surface area contributed by atoms with Gasteiger partial charge >= 0.3 is 0 Å². The fourth-order valence-corrected chi connectivity index (χ4v) is 2.47.